The van der Waals surface area contributed by atoms with E-state index < -0.39 is 0 Å². The number of nitrogens with zero attached hydrogens (tertiary/aromatic N) is 1. The van der Waals surface area contributed by atoms with E-state index in [-0.39, 0.29) is 11.7 Å². The molecule has 0 aromatic carbocycles. The first kappa shape index (κ1) is 8.44. The predicted octanol–water partition coefficient (Wildman–Crippen LogP) is 0.274. The van der Waals surface area contributed by atoms with Gasteiger partial charge in [-0.3, -0.25) is 4.79 Å². The van der Waals surface area contributed by atoms with Gasteiger partial charge in [0.05, 0.1) is 11.8 Å². The molecule has 0 saturated carbocycles. The number of fused-ring (bicyclic) bond motifs is 1. The molecule has 0 spiro atoms. The van der Waals surface area contributed by atoms with Gasteiger partial charge in [-0.2, -0.15) is 5.10 Å². The first-order valence-electron chi connectivity index (χ1n) is 4.40. The van der Waals surface area contributed by atoms with Crippen LogP contribution in [0.3, 0.4) is 0 Å². The Balaban J connectivity index is 2.32. The van der Waals surface area contributed by atoms with E-state index in [1.807, 2.05) is 0 Å². The second-order valence-corrected chi connectivity index (χ2v) is 3.30. The van der Waals surface area contributed by atoms with Crippen LogP contribution in [0.2, 0.25) is 0 Å². The van der Waals surface area contributed by atoms with Gasteiger partial charge < -0.3 is 4.74 Å². The summed E-state index contributed by atoms with van der Waals surface area (Å²) in [7, 11) is 1.70. The lowest BCUT2D eigenvalue weighted by Gasteiger charge is -2.21. The molecule has 1 atom stereocenters. The molecular weight excluding hydrogens is 168 g/mol. The maximum atomic E-state index is 11.0. The minimum atomic E-state index is -0.129. The number of H-pyrrole nitrogens is 1. The van der Waals surface area contributed by atoms with Crippen LogP contribution in [0.5, 0.6) is 0 Å². The molecule has 1 aromatic rings. The summed E-state index contributed by atoms with van der Waals surface area (Å²) in [5.41, 5.74) is 1.91. The first-order chi connectivity index (χ1) is 6.29. The highest BCUT2D eigenvalue weighted by atomic mass is 16.5. The Hall–Kier alpha value is -1.16. The second-order valence-electron chi connectivity index (χ2n) is 3.30. The average Bonchev–Trinajstić information content (AvgIpc) is 2.16. The Morgan fingerprint density at radius 1 is 1.69 bits per heavy atom. The number of hydrogen-bond acceptors (Lipinski definition) is 3. The van der Waals surface area contributed by atoms with Crippen molar-refractivity contribution in [3.05, 3.63) is 27.7 Å². The Morgan fingerprint density at radius 3 is 3.31 bits per heavy atom. The fourth-order valence-electron chi connectivity index (χ4n) is 1.71. The van der Waals surface area contributed by atoms with Crippen LogP contribution in [0, 0.1) is 0 Å². The zero-order valence-corrected chi connectivity index (χ0v) is 7.54. The first-order valence-corrected chi connectivity index (χ1v) is 4.40. The van der Waals surface area contributed by atoms with Gasteiger partial charge in [0.1, 0.15) is 0 Å². The summed E-state index contributed by atoms with van der Waals surface area (Å²) in [6.07, 6.45) is 2.94. The summed E-state index contributed by atoms with van der Waals surface area (Å²) in [5.74, 6) is 0. The van der Waals surface area contributed by atoms with Crippen LogP contribution >= 0.6 is 0 Å². The van der Waals surface area contributed by atoms with Gasteiger partial charge in [-0.25, -0.2) is 5.10 Å². The number of ether oxygens (including phenoxy) is 1. The van der Waals surface area contributed by atoms with E-state index in [2.05, 4.69) is 10.2 Å². The van der Waals surface area contributed by atoms with Crippen molar-refractivity contribution in [1.29, 1.82) is 0 Å². The molecule has 1 N–H and O–H groups in total. The molecular formula is C9H12N2O2. The number of nitrogens with one attached hydrogen (secondary N) is 1. The predicted molar refractivity (Wildman–Crippen MR) is 47.7 cm³/mol. The molecule has 4 heteroatoms. The van der Waals surface area contributed by atoms with E-state index in [0.29, 0.717) is 0 Å². The Labute approximate surface area is 75.9 Å². The third-order valence-electron chi connectivity index (χ3n) is 2.46. The molecule has 0 amide bonds. The lowest BCUT2D eigenvalue weighted by atomic mass is 9.94. The van der Waals surface area contributed by atoms with Gasteiger partial charge in [-0.15, -0.1) is 0 Å². The molecule has 0 radical (unpaired) electrons. The fourth-order valence-corrected chi connectivity index (χ4v) is 1.71. The van der Waals surface area contributed by atoms with Crippen molar-refractivity contribution >= 4 is 0 Å². The maximum Gasteiger partial charge on any atom is 0.264 e. The summed E-state index contributed by atoms with van der Waals surface area (Å²) in [6, 6.07) is 1.62. The summed E-state index contributed by atoms with van der Waals surface area (Å²) >= 11 is 0. The average molecular weight is 180 g/mol. The number of rotatable bonds is 1. The molecule has 70 valence electrons. The van der Waals surface area contributed by atoms with E-state index in [4.69, 9.17) is 4.74 Å². The highest BCUT2D eigenvalue weighted by molar-refractivity contribution is 5.21. The van der Waals surface area contributed by atoms with E-state index >= 15 is 0 Å². The highest BCUT2D eigenvalue weighted by Gasteiger charge is 2.19. The third kappa shape index (κ3) is 1.62. The maximum absolute atomic E-state index is 11.0. The van der Waals surface area contributed by atoms with Gasteiger partial charge in [-0.05, 0) is 18.4 Å². The van der Waals surface area contributed by atoms with Crippen molar-refractivity contribution in [3.63, 3.8) is 0 Å². The Morgan fingerprint density at radius 2 is 2.54 bits per heavy atom. The summed E-state index contributed by atoms with van der Waals surface area (Å²) in [5, 5.41) is 6.44. The molecule has 1 aromatic heterocycles. The molecule has 0 saturated heterocycles. The molecule has 13 heavy (non-hydrogen) atoms. The molecule has 1 unspecified atom stereocenters. The molecule has 1 aliphatic carbocycles. The number of hydrogen-bond donors (Lipinski definition) is 1. The van der Waals surface area contributed by atoms with Crippen LogP contribution in [0.15, 0.2) is 10.9 Å². The highest BCUT2D eigenvalue weighted by Crippen LogP contribution is 2.18. The van der Waals surface area contributed by atoms with E-state index in [1.54, 1.807) is 13.2 Å². The summed E-state index contributed by atoms with van der Waals surface area (Å²) in [4.78, 5) is 11.0. The SMILES string of the molecule is COC1CCc2n[nH]c(=O)cc2C1. The Bertz CT molecular complexity index is 359. The number of methoxy groups -OCH3 is 1. The van der Waals surface area contributed by atoms with Gasteiger partial charge in [0.2, 0.25) is 0 Å². The van der Waals surface area contributed by atoms with Crippen molar-refractivity contribution in [2.24, 2.45) is 0 Å². The van der Waals surface area contributed by atoms with Crippen LogP contribution in [-0.4, -0.2) is 23.4 Å². The van der Waals surface area contributed by atoms with Gasteiger partial charge in [0.25, 0.3) is 5.56 Å². The van der Waals surface area contributed by atoms with Gasteiger partial charge in [-0.1, -0.05) is 0 Å². The van der Waals surface area contributed by atoms with Crippen LogP contribution < -0.4 is 5.56 Å². The standard InChI is InChI=1S/C9H12N2O2/c1-13-7-2-3-8-6(4-7)5-9(12)11-10-8/h5,7H,2-4H2,1H3,(H,11,12). The monoisotopic (exact) mass is 180 g/mol. The van der Waals surface area contributed by atoms with Gasteiger partial charge >= 0.3 is 0 Å². The quantitative estimate of drug-likeness (QED) is 0.675. The molecule has 2 rings (SSSR count). The minimum absolute atomic E-state index is 0.129. The minimum Gasteiger partial charge on any atom is -0.381 e. The third-order valence-corrected chi connectivity index (χ3v) is 2.46. The molecule has 1 heterocycles. The van der Waals surface area contributed by atoms with Crippen LogP contribution in [0.25, 0.3) is 0 Å². The van der Waals surface area contributed by atoms with Crippen molar-refractivity contribution in [2.75, 3.05) is 7.11 Å². The van der Waals surface area contributed by atoms with Gasteiger partial charge in [0.15, 0.2) is 0 Å². The summed E-state index contributed by atoms with van der Waals surface area (Å²) < 4.78 is 5.25. The lowest BCUT2D eigenvalue weighted by molar-refractivity contribution is 0.0903. The largest absolute Gasteiger partial charge is 0.381 e. The van der Waals surface area contributed by atoms with Gasteiger partial charge in [0, 0.05) is 19.6 Å². The molecule has 4 nitrogen and oxygen atoms in total. The molecule has 0 fully saturated rings. The zero-order valence-electron chi connectivity index (χ0n) is 7.54. The number of aromatic amines is 1. The summed E-state index contributed by atoms with van der Waals surface area (Å²) in [6.45, 7) is 0. The second kappa shape index (κ2) is 3.30. The molecule has 0 bridgehead atoms. The smallest absolute Gasteiger partial charge is 0.264 e. The van der Waals surface area contributed by atoms with Crippen molar-refractivity contribution in [3.8, 4) is 0 Å². The lowest BCUT2D eigenvalue weighted by Crippen LogP contribution is -2.24. The van der Waals surface area contributed by atoms with E-state index in [9.17, 15) is 4.79 Å². The van der Waals surface area contributed by atoms with Crippen LogP contribution in [0.1, 0.15) is 17.7 Å². The zero-order chi connectivity index (χ0) is 9.26. The van der Waals surface area contributed by atoms with E-state index in [0.717, 1.165) is 30.5 Å². The topological polar surface area (TPSA) is 55.0 Å². The number of aryl methyl sites for hydroxylation is 1. The molecule has 1 aliphatic rings. The van der Waals surface area contributed by atoms with Crippen LogP contribution in [0.4, 0.5) is 0 Å². The van der Waals surface area contributed by atoms with E-state index in [1.165, 1.54) is 0 Å². The fraction of sp³-hybridized carbons (Fsp3) is 0.556. The van der Waals surface area contributed by atoms with Crippen molar-refractivity contribution < 1.29 is 4.74 Å². The van der Waals surface area contributed by atoms with Crippen molar-refractivity contribution in [1.82, 2.24) is 10.2 Å². The number of aromatic nitrogens is 2. The normalized spacial score (nSPS) is 21.2. The van der Waals surface area contributed by atoms with Crippen molar-refractivity contribution in [2.45, 2.75) is 25.4 Å². The molecule has 0 aliphatic heterocycles. The van der Waals surface area contributed by atoms with Crippen LogP contribution in [-0.2, 0) is 17.6 Å². The Kier molecular flexibility index (Phi) is 2.14.